The van der Waals surface area contributed by atoms with Crippen molar-refractivity contribution < 1.29 is 18.3 Å². The molecule has 0 aliphatic carbocycles. The number of aliphatic hydroxyl groups is 1. The maximum atomic E-state index is 12.7. The zero-order valence-electron chi connectivity index (χ0n) is 18.6. The van der Waals surface area contributed by atoms with Gasteiger partial charge in [0.25, 0.3) is 0 Å². The summed E-state index contributed by atoms with van der Waals surface area (Å²) in [5.41, 5.74) is 3.06. The van der Waals surface area contributed by atoms with Crippen LogP contribution in [0, 0.1) is 0 Å². The average Bonchev–Trinajstić information content (AvgIpc) is 2.84. The molecule has 174 valence electrons. The third-order valence-electron chi connectivity index (χ3n) is 5.79. The van der Waals surface area contributed by atoms with Crippen molar-refractivity contribution in [2.75, 3.05) is 39.3 Å². The molecule has 0 spiro atoms. The van der Waals surface area contributed by atoms with Gasteiger partial charge in [-0.05, 0) is 28.8 Å². The number of benzene rings is 3. The first-order chi connectivity index (χ1) is 16.0. The van der Waals surface area contributed by atoms with Crippen LogP contribution in [0.2, 0.25) is 0 Å². The second-order valence-corrected chi connectivity index (χ2v) is 10.3. The molecular formula is C26H30N2O4S. The summed E-state index contributed by atoms with van der Waals surface area (Å²) >= 11 is 0. The molecule has 6 nitrogen and oxygen atoms in total. The van der Waals surface area contributed by atoms with E-state index in [2.05, 4.69) is 17.0 Å². The molecule has 0 aromatic heterocycles. The lowest BCUT2D eigenvalue weighted by atomic mass is 10.1. The summed E-state index contributed by atoms with van der Waals surface area (Å²) in [4.78, 5) is 2.08. The van der Waals surface area contributed by atoms with E-state index in [1.807, 2.05) is 72.8 Å². The van der Waals surface area contributed by atoms with Crippen molar-refractivity contribution >= 4 is 10.0 Å². The summed E-state index contributed by atoms with van der Waals surface area (Å²) < 4.78 is 32.7. The average molecular weight is 467 g/mol. The predicted molar refractivity (Wildman–Crippen MR) is 130 cm³/mol. The lowest BCUT2D eigenvalue weighted by molar-refractivity contribution is 0.0569. The molecule has 0 amide bonds. The first-order valence-electron chi connectivity index (χ1n) is 11.2. The maximum absolute atomic E-state index is 12.7. The molecule has 1 fully saturated rings. The molecule has 1 saturated heterocycles. The van der Waals surface area contributed by atoms with E-state index in [0.29, 0.717) is 38.5 Å². The lowest BCUT2D eigenvalue weighted by Gasteiger charge is -2.34. The van der Waals surface area contributed by atoms with E-state index in [-0.39, 0.29) is 12.4 Å². The number of hydrogen-bond donors (Lipinski definition) is 1. The Labute approximate surface area is 196 Å². The van der Waals surface area contributed by atoms with Gasteiger partial charge < -0.3 is 9.84 Å². The summed E-state index contributed by atoms with van der Waals surface area (Å²) in [7, 11) is -3.34. The van der Waals surface area contributed by atoms with Crippen molar-refractivity contribution in [1.82, 2.24) is 9.21 Å². The molecule has 0 bridgehead atoms. The highest BCUT2D eigenvalue weighted by Crippen LogP contribution is 2.22. The first-order valence-corrected chi connectivity index (χ1v) is 12.8. The van der Waals surface area contributed by atoms with Crippen molar-refractivity contribution in [2.24, 2.45) is 0 Å². The number of β-amino-alcohol motifs (C(OH)–C–C–N with tert-alkyl or cyclic N) is 1. The Morgan fingerprint density at radius 3 is 2.00 bits per heavy atom. The zero-order chi connectivity index (χ0) is 23.1. The smallest absolute Gasteiger partial charge is 0.218 e. The van der Waals surface area contributed by atoms with Gasteiger partial charge in [-0.2, -0.15) is 4.31 Å². The van der Waals surface area contributed by atoms with Crippen molar-refractivity contribution in [1.29, 1.82) is 0 Å². The molecule has 1 heterocycles. The van der Waals surface area contributed by atoms with Gasteiger partial charge in [-0.1, -0.05) is 72.8 Å². The Morgan fingerprint density at radius 1 is 0.788 bits per heavy atom. The summed E-state index contributed by atoms with van der Waals surface area (Å²) in [5.74, 6) is 0.735. The number of ether oxygens (including phenoxy) is 1. The molecule has 1 N–H and O–H groups in total. The lowest BCUT2D eigenvalue weighted by Crippen LogP contribution is -2.51. The molecule has 1 unspecified atom stereocenters. The second-order valence-electron chi connectivity index (χ2n) is 8.30. The third-order valence-corrected chi connectivity index (χ3v) is 7.64. The number of piperazine rings is 1. The summed E-state index contributed by atoms with van der Waals surface area (Å²) in [6.45, 7) is 2.70. The van der Waals surface area contributed by atoms with Gasteiger partial charge in [-0.15, -0.1) is 0 Å². The van der Waals surface area contributed by atoms with Crippen LogP contribution in [0.3, 0.4) is 0 Å². The van der Waals surface area contributed by atoms with Crippen LogP contribution >= 0.6 is 0 Å². The van der Waals surface area contributed by atoms with Crippen molar-refractivity contribution in [2.45, 2.75) is 11.9 Å². The van der Waals surface area contributed by atoms with Gasteiger partial charge in [0.1, 0.15) is 18.5 Å². The highest BCUT2D eigenvalue weighted by atomic mass is 32.2. The van der Waals surface area contributed by atoms with Crippen LogP contribution in [-0.2, 0) is 15.8 Å². The Balaban J connectivity index is 1.20. The van der Waals surface area contributed by atoms with E-state index in [1.165, 1.54) is 0 Å². The van der Waals surface area contributed by atoms with Gasteiger partial charge in [-0.3, -0.25) is 4.90 Å². The van der Waals surface area contributed by atoms with Crippen LogP contribution in [0.1, 0.15) is 5.56 Å². The topological polar surface area (TPSA) is 70.1 Å². The molecule has 4 rings (SSSR count). The standard InChI is InChI=1S/C26H30N2O4S/c29-25(20-32-26-13-11-24(12-14-26)23-9-5-2-6-10-23)19-27-15-17-28(18-16-27)33(30,31)21-22-7-3-1-4-8-22/h1-14,25,29H,15-21H2. The van der Waals surface area contributed by atoms with E-state index in [1.54, 1.807) is 4.31 Å². The number of sulfonamides is 1. The Morgan fingerprint density at radius 2 is 1.36 bits per heavy atom. The van der Waals surface area contributed by atoms with Crippen LogP contribution < -0.4 is 4.74 Å². The molecular weight excluding hydrogens is 436 g/mol. The summed E-state index contributed by atoms with van der Waals surface area (Å²) in [6, 6.07) is 27.2. The van der Waals surface area contributed by atoms with E-state index < -0.39 is 16.1 Å². The van der Waals surface area contributed by atoms with Gasteiger partial charge in [0, 0.05) is 32.7 Å². The second kappa shape index (κ2) is 10.9. The number of rotatable bonds is 9. The number of hydrogen-bond acceptors (Lipinski definition) is 5. The van der Waals surface area contributed by atoms with Gasteiger partial charge in [0.2, 0.25) is 10.0 Å². The van der Waals surface area contributed by atoms with Crippen molar-refractivity contribution in [3.63, 3.8) is 0 Å². The SMILES string of the molecule is O=S(=O)(Cc1ccccc1)N1CCN(CC(O)COc2ccc(-c3ccccc3)cc2)CC1. The summed E-state index contributed by atoms with van der Waals surface area (Å²) in [6.07, 6.45) is -0.647. The predicted octanol–water partition coefficient (Wildman–Crippen LogP) is 3.24. The van der Waals surface area contributed by atoms with Crippen LogP contribution in [0.4, 0.5) is 0 Å². The zero-order valence-corrected chi connectivity index (χ0v) is 19.4. The molecule has 7 heteroatoms. The fourth-order valence-corrected chi connectivity index (χ4v) is 5.50. The Kier molecular flexibility index (Phi) is 7.77. The first kappa shape index (κ1) is 23.4. The molecule has 0 radical (unpaired) electrons. The van der Waals surface area contributed by atoms with Gasteiger partial charge in [0.05, 0.1) is 5.75 Å². The molecule has 33 heavy (non-hydrogen) atoms. The minimum Gasteiger partial charge on any atom is -0.491 e. The minimum atomic E-state index is -3.34. The molecule has 3 aromatic carbocycles. The van der Waals surface area contributed by atoms with Gasteiger partial charge in [-0.25, -0.2) is 8.42 Å². The maximum Gasteiger partial charge on any atom is 0.218 e. The van der Waals surface area contributed by atoms with Gasteiger partial charge >= 0.3 is 0 Å². The monoisotopic (exact) mass is 466 g/mol. The quantitative estimate of drug-likeness (QED) is 0.524. The van der Waals surface area contributed by atoms with Crippen LogP contribution in [0.15, 0.2) is 84.9 Å². The Hall–Kier alpha value is -2.71. The molecule has 1 aliphatic heterocycles. The van der Waals surface area contributed by atoms with Crippen LogP contribution in [0.25, 0.3) is 11.1 Å². The van der Waals surface area contributed by atoms with E-state index in [4.69, 9.17) is 4.74 Å². The minimum absolute atomic E-state index is 0.0212. The molecule has 3 aromatic rings. The Bertz CT molecular complexity index is 1100. The fourth-order valence-electron chi connectivity index (χ4n) is 3.98. The van der Waals surface area contributed by atoms with E-state index in [9.17, 15) is 13.5 Å². The van der Waals surface area contributed by atoms with Crippen molar-refractivity contribution in [3.05, 3.63) is 90.5 Å². The van der Waals surface area contributed by atoms with E-state index in [0.717, 1.165) is 16.7 Å². The normalized spacial score (nSPS) is 16.4. The number of nitrogens with zero attached hydrogens (tertiary/aromatic N) is 2. The van der Waals surface area contributed by atoms with Gasteiger partial charge in [0.15, 0.2) is 0 Å². The summed E-state index contributed by atoms with van der Waals surface area (Å²) in [5, 5.41) is 10.4. The largest absolute Gasteiger partial charge is 0.491 e. The molecule has 1 aliphatic rings. The fraction of sp³-hybridized carbons (Fsp3) is 0.308. The van der Waals surface area contributed by atoms with Crippen LogP contribution in [0.5, 0.6) is 5.75 Å². The molecule has 1 atom stereocenters. The van der Waals surface area contributed by atoms with Crippen molar-refractivity contribution in [3.8, 4) is 16.9 Å². The molecule has 0 saturated carbocycles. The van der Waals surface area contributed by atoms with Crippen LogP contribution in [-0.4, -0.2) is 68.2 Å². The highest BCUT2D eigenvalue weighted by Gasteiger charge is 2.27. The van der Waals surface area contributed by atoms with E-state index >= 15 is 0 Å². The third kappa shape index (κ3) is 6.65. The number of aliphatic hydroxyl groups excluding tert-OH is 1. The highest BCUT2D eigenvalue weighted by molar-refractivity contribution is 7.88.